The second-order valence-electron chi connectivity index (χ2n) is 5.22. The minimum Gasteiger partial charge on any atom is -0.338 e. The van der Waals surface area contributed by atoms with Gasteiger partial charge in [0.1, 0.15) is 0 Å². The fourth-order valence-electron chi connectivity index (χ4n) is 2.62. The van der Waals surface area contributed by atoms with Gasteiger partial charge in [0.15, 0.2) is 11.5 Å². The third kappa shape index (κ3) is 2.43. The standard InChI is InChI=1S/C15H18N4O/c1-18(15(20)12-7-3-2-4-8-12)11-14-17-16-13-9-5-6-10-19(13)14/h2-3,5-6,9-10,12H,4,7-8,11H2,1H3. The zero-order valence-corrected chi connectivity index (χ0v) is 11.6. The molecule has 104 valence electrons. The van der Waals surface area contributed by atoms with Crippen LogP contribution in [0.15, 0.2) is 36.5 Å². The Bertz CT molecular complexity index is 646. The molecule has 1 unspecified atom stereocenters. The van der Waals surface area contributed by atoms with E-state index in [9.17, 15) is 4.79 Å². The molecule has 0 spiro atoms. The third-order valence-electron chi connectivity index (χ3n) is 3.76. The Balaban J connectivity index is 1.73. The molecule has 0 saturated carbocycles. The number of fused-ring (bicyclic) bond motifs is 1. The number of rotatable bonds is 3. The number of amides is 1. The summed E-state index contributed by atoms with van der Waals surface area (Å²) in [5, 5.41) is 8.28. The Labute approximate surface area is 117 Å². The Morgan fingerprint density at radius 1 is 1.40 bits per heavy atom. The van der Waals surface area contributed by atoms with Crippen LogP contribution in [0.25, 0.3) is 5.65 Å². The molecule has 3 rings (SSSR count). The summed E-state index contributed by atoms with van der Waals surface area (Å²) in [6.07, 6.45) is 8.97. The van der Waals surface area contributed by atoms with Gasteiger partial charge in [0.05, 0.1) is 6.54 Å². The number of aromatic nitrogens is 3. The highest BCUT2D eigenvalue weighted by Gasteiger charge is 2.23. The maximum atomic E-state index is 12.4. The van der Waals surface area contributed by atoms with Crippen molar-refractivity contribution < 1.29 is 4.79 Å². The molecule has 1 atom stereocenters. The van der Waals surface area contributed by atoms with Gasteiger partial charge in [-0.25, -0.2) is 0 Å². The molecule has 2 aromatic heterocycles. The van der Waals surface area contributed by atoms with Gasteiger partial charge in [-0.3, -0.25) is 9.20 Å². The van der Waals surface area contributed by atoms with Gasteiger partial charge in [-0.15, -0.1) is 10.2 Å². The molecule has 0 radical (unpaired) electrons. The Kier molecular flexibility index (Phi) is 3.50. The van der Waals surface area contributed by atoms with Crippen molar-refractivity contribution in [2.75, 3.05) is 7.05 Å². The number of hydrogen-bond donors (Lipinski definition) is 0. The van der Waals surface area contributed by atoms with E-state index >= 15 is 0 Å². The van der Waals surface area contributed by atoms with Crippen molar-refractivity contribution in [3.05, 3.63) is 42.4 Å². The molecule has 0 fully saturated rings. The van der Waals surface area contributed by atoms with Crippen LogP contribution in [0.2, 0.25) is 0 Å². The quantitative estimate of drug-likeness (QED) is 0.802. The number of pyridine rings is 1. The van der Waals surface area contributed by atoms with E-state index in [4.69, 9.17) is 0 Å². The minimum atomic E-state index is 0.115. The summed E-state index contributed by atoms with van der Waals surface area (Å²) in [4.78, 5) is 14.2. The molecular formula is C15H18N4O. The summed E-state index contributed by atoms with van der Waals surface area (Å²) < 4.78 is 1.92. The summed E-state index contributed by atoms with van der Waals surface area (Å²) in [5.74, 6) is 1.11. The lowest BCUT2D eigenvalue weighted by Gasteiger charge is -2.23. The van der Waals surface area contributed by atoms with E-state index in [0.717, 1.165) is 30.7 Å². The number of hydrogen-bond acceptors (Lipinski definition) is 3. The molecule has 0 aliphatic heterocycles. The summed E-state index contributed by atoms with van der Waals surface area (Å²) >= 11 is 0. The van der Waals surface area contributed by atoms with Gasteiger partial charge in [-0.1, -0.05) is 18.2 Å². The minimum absolute atomic E-state index is 0.115. The second kappa shape index (κ2) is 5.45. The van der Waals surface area contributed by atoms with E-state index in [1.807, 2.05) is 35.8 Å². The van der Waals surface area contributed by atoms with E-state index in [1.165, 1.54) is 0 Å². The zero-order chi connectivity index (χ0) is 13.9. The van der Waals surface area contributed by atoms with Crippen LogP contribution in [0, 0.1) is 5.92 Å². The molecule has 2 aromatic rings. The molecule has 2 heterocycles. The van der Waals surface area contributed by atoms with Crippen molar-refractivity contribution in [3.8, 4) is 0 Å². The molecule has 20 heavy (non-hydrogen) atoms. The molecule has 5 nitrogen and oxygen atoms in total. The summed E-state index contributed by atoms with van der Waals surface area (Å²) in [7, 11) is 1.84. The normalized spacial score (nSPS) is 18.4. The summed E-state index contributed by atoms with van der Waals surface area (Å²) in [5.41, 5.74) is 0.809. The van der Waals surface area contributed by atoms with Crippen LogP contribution in [0.4, 0.5) is 0 Å². The first-order chi connectivity index (χ1) is 9.75. The average Bonchev–Trinajstić information content (AvgIpc) is 2.91. The van der Waals surface area contributed by atoms with E-state index < -0.39 is 0 Å². The van der Waals surface area contributed by atoms with Gasteiger partial charge in [0.2, 0.25) is 5.91 Å². The molecule has 0 aromatic carbocycles. The number of carbonyl (C=O) groups excluding carboxylic acids is 1. The van der Waals surface area contributed by atoms with Crippen molar-refractivity contribution in [1.29, 1.82) is 0 Å². The molecular weight excluding hydrogens is 252 g/mol. The predicted molar refractivity (Wildman–Crippen MR) is 75.9 cm³/mol. The Morgan fingerprint density at radius 3 is 3.10 bits per heavy atom. The fraction of sp³-hybridized carbons (Fsp3) is 0.400. The van der Waals surface area contributed by atoms with Crippen LogP contribution >= 0.6 is 0 Å². The lowest BCUT2D eigenvalue weighted by atomic mass is 9.93. The first-order valence-electron chi connectivity index (χ1n) is 6.94. The van der Waals surface area contributed by atoms with Gasteiger partial charge in [-0.05, 0) is 31.4 Å². The zero-order valence-electron chi connectivity index (χ0n) is 11.6. The van der Waals surface area contributed by atoms with Crippen LogP contribution in [-0.2, 0) is 11.3 Å². The third-order valence-corrected chi connectivity index (χ3v) is 3.76. The van der Waals surface area contributed by atoms with Crippen molar-refractivity contribution in [2.45, 2.75) is 25.8 Å². The SMILES string of the molecule is CN(Cc1nnc2ccccn12)C(=O)C1CC=CCC1. The lowest BCUT2D eigenvalue weighted by Crippen LogP contribution is -2.33. The topological polar surface area (TPSA) is 50.5 Å². The van der Waals surface area contributed by atoms with Gasteiger partial charge < -0.3 is 4.90 Å². The lowest BCUT2D eigenvalue weighted by molar-refractivity contribution is -0.135. The average molecular weight is 270 g/mol. The first-order valence-corrected chi connectivity index (χ1v) is 6.94. The van der Waals surface area contributed by atoms with E-state index in [-0.39, 0.29) is 11.8 Å². The smallest absolute Gasteiger partial charge is 0.226 e. The molecule has 0 saturated heterocycles. The number of allylic oxidation sites excluding steroid dienone is 2. The molecule has 1 amide bonds. The largest absolute Gasteiger partial charge is 0.338 e. The van der Waals surface area contributed by atoms with E-state index in [0.29, 0.717) is 6.54 Å². The van der Waals surface area contributed by atoms with Gasteiger partial charge in [-0.2, -0.15) is 0 Å². The fourth-order valence-corrected chi connectivity index (χ4v) is 2.62. The van der Waals surface area contributed by atoms with Crippen LogP contribution in [0.5, 0.6) is 0 Å². The number of nitrogens with zero attached hydrogens (tertiary/aromatic N) is 4. The Hall–Kier alpha value is -2.17. The maximum absolute atomic E-state index is 12.4. The highest BCUT2D eigenvalue weighted by atomic mass is 16.2. The highest BCUT2D eigenvalue weighted by Crippen LogP contribution is 2.20. The van der Waals surface area contributed by atoms with Crippen molar-refractivity contribution in [2.24, 2.45) is 5.92 Å². The van der Waals surface area contributed by atoms with Gasteiger partial charge >= 0.3 is 0 Å². The maximum Gasteiger partial charge on any atom is 0.226 e. The van der Waals surface area contributed by atoms with Gasteiger partial charge in [0, 0.05) is 19.2 Å². The molecule has 0 N–H and O–H groups in total. The first kappa shape index (κ1) is 12.8. The highest BCUT2D eigenvalue weighted by molar-refractivity contribution is 5.78. The Morgan fingerprint density at radius 2 is 2.30 bits per heavy atom. The van der Waals surface area contributed by atoms with Gasteiger partial charge in [0.25, 0.3) is 0 Å². The van der Waals surface area contributed by atoms with Crippen molar-refractivity contribution >= 4 is 11.6 Å². The molecule has 1 aliphatic carbocycles. The van der Waals surface area contributed by atoms with Crippen LogP contribution in [-0.4, -0.2) is 32.5 Å². The monoisotopic (exact) mass is 270 g/mol. The van der Waals surface area contributed by atoms with Crippen molar-refractivity contribution in [1.82, 2.24) is 19.5 Å². The van der Waals surface area contributed by atoms with Crippen LogP contribution in [0.1, 0.15) is 25.1 Å². The van der Waals surface area contributed by atoms with E-state index in [1.54, 1.807) is 4.90 Å². The molecule has 5 heteroatoms. The van der Waals surface area contributed by atoms with Crippen molar-refractivity contribution in [3.63, 3.8) is 0 Å². The molecule has 0 bridgehead atoms. The predicted octanol–water partition coefficient (Wildman–Crippen LogP) is 2.04. The summed E-state index contributed by atoms with van der Waals surface area (Å²) in [6.45, 7) is 0.490. The van der Waals surface area contributed by atoms with E-state index in [2.05, 4.69) is 22.3 Å². The molecule has 1 aliphatic rings. The number of carbonyl (C=O) groups is 1. The summed E-state index contributed by atoms with van der Waals surface area (Å²) in [6, 6.07) is 5.77. The van der Waals surface area contributed by atoms with Crippen LogP contribution in [0.3, 0.4) is 0 Å². The second-order valence-corrected chi connectivity index (χ2v) is 5.22. The van der Waals surface area contributed by atoms with Crippen LogP contribution < -0.4 is 0 Å².